The molecule has 3 aromatic rings. The van der Waals surface area contributed by atoms with E-state index in [0.29, 0.717) is 41.3 Å². The van der Waals surface area contributed by atoms with Crippen LogP contribution in [0.2, 0.25) is 0 Å². The molecule has 0 fully saturated rings. The summed E-state index contributed by atoms with van der Waals surface area (Å²) in [4.78, 5) is 7.90. The van der Waals surface area contributed by atoms with Gasteiger partial charge in [-0.2, -0.15) is 5.26 Å². The fraction of sp³-hybridized carbons (Fsp3) is 0.188. The number of para-hydroxylation sites is 1. The standard InChI is InChI=1S/C16H14FN5O/c1-23-16-11-3-2-4-12(17)15(11)22(13(16)9-18)8-7-20-14-5-6-19-10-21-14/h2-6,10H,7-8H2,1H3,(H,19,20,21). The van der Waals surface area contributed by atoms with Gasteiger partial charge >= 0.3 is 0 Å². The quantitative estimate of drug-likeness (QED) is 0.783. The molecule has 0 bridgehead atoms. The molecule has 1 N–H and O–H groups in total. The summed E-state index contributed by atoms with van der Waals surface area (Å²) < 4.78 is 21.2. The number of nitriles is 1. The maximum atomic E-state index is 14.2. The number of fused-ring (bicyclic) bond motifs is 1. The van der Waals surface area contributed by atoms with E-state index in [9.17, 15) is 9.65 Å². The van der Waals surface area contributed by atoms with Gasteiger partial charge in [-0.15, -0.1) is 0 Å². The Labute approximate surface area is 132 Å². The fourth-order valence-corrected chi connectivity index (χ4v) is 2.57. The van der Waals surface area contributed by atoms with Crippen LogP contribution in [0, 0.1) is 17.1 Å². The van der Waals surface area contributed by atoms with Crippen LogP contribution in [0.1, 0.15) is 5.69 Å². The van der Waals surface area contributed by atoms with Crippen molar-refractivity contribution >= 4 is 16.7 Å². The van der Waals surface area contributed by atoms with E-state index in [1.54, 1.807) is 29.0 Å². The van der Waals surface area contributed by atoms with Gasteiger partial charge < -0.3 is 14.6 Å². The van der Waals surface area contributed by atoms with Crippen molar-refractivity contribution in [3.05, 3.63) is 48.3 Å². The van der Waals surface area contributed by atoms with Gasteiger partial charge in [0.1, 0.15) is 24.0 Å². The second-order valence-electron chi connectivity index (χ2n) is 4.80. The van der Waals surface area contributed by atoms with E-state index in [1.807, 2.05) is 0 Å². The number of methoxy groups -OCH3 is 1. The van der Waals surface area contributed by atoms with E-state index in [1.165, 1.54) is 19.5 Å². The van der Waals surface area contributed by atoms with Crippen LogP contribution >= 0.6 is 0 Å². The van der Waals surface area contributed by atoms with Crippen LogP contribution in [0.5, 0.6) is 5.75 Å². The Bertz CT molecular complexity index is 870. The molecule has 0 unspecified atom stereocenters. The largest absolute Gasteiger partial charge is 0.493 e. The number of hydrogen-bond acceptors (Lipinski definition) is 5. The molecule has 0 saturated heterocycles. The smallest absolute Gasteiger partial charge is 0.164 e. The highest BCUT2D eigenvalue weighted by Gasteiger charge is 2.20. The zero-order chi connectivity index (χ0) is 16.2. The summed E-state index contributed by atoms with van der Waals surface area (Å²) in [6, 6.07) is 8.55. The van der Waals surface area contributed by atoms with Crippen molar-refractivity contribution in [2.24, 2.45) is 0 Å². The molecule has 116 valence electrons. The van der Waals surface area contributed by atoms with Crippen LogP contribution in [0.3, 0.4) is 0 Å². The summed E-state index contributed by atoms with van der Waals surface area (Å²) in [6.07, 6.45) is 3.07. The van der Waals surface area contributed by atoms with Crippen molar-refractivity contribution in [1.82, 2.24) is 14.5 Å². The first kappa shape index (κ1) is 14.8. The molecular weight excluding hydrogens is 297 g/mol. The normalized spacial score (nSPS) is 10.5. The monoisotopic (exact) mass is 311 g/mol. The Hall–Kier alpha value is -3.14. The molecule has 0 aliphatic carbocycles. The fourth-order valence-electron chi connectivity index (χ4n) is 2.57. The number of nitrogens with one attached hydrogen (secondary N) is 1. The second kappa shape index (κ2) is 6.32. The third-order valence-corrected chi connectivity index (χ3v) is 3.52. The van der Waals surface area contributed by atoms with E-state index in [2.05, 4.69) is 21.4 Å². The molecule has 3 rings (SSSR count). The van der Waals surface area contributed by atoms with E-state index >= 15 is 0 Å². The van der Waals surface area contributed by atoms with Crippen LogP contribution in [0.25, 0.3) is 10.9 Å². The molecule has 0 saturated carbocycles. The summed E-state index contributed by atoms with van der Waals surface area (Å²) >= 11 is 0. The lowest BCUT2D eigenvalue weighted by Crippen LogP contribution is -2.13. The minimum Gasteiger partial charge on any atom is -0.493 e. The lowest BCUT2D eigenvalue weighted by atomic mass is 10.2. The zero-order valence-electron chi connectivity index (χ0n) is 12.5. The van der Waals surface area contributed by atoms with E-state index in [0.717, 1.165) is 0 Å². The molecule has 2 aromatic heterocycles. The molecule has 2 heterocycles. The topological polar surface area (TPSA) is 75.8 Å². The lowest BCUT2D eigenvalue weighted by molar-refractivity contribution is 0.416. The molecule has 0 aliphatic heterocycles. The Morgan fingerprint density at radius 2 is 2.26 bits per heavy atom. The van der Waals surface area contributed by atoms with Crippen molar-refractivity contribution in [2.45, 2.75) is 6.54 Å². The van der Waals surface area contributed by atoms with Gasteiger partial charge in [0, 0.05) is 24.7 Å². The molecular formula is C16H14FN5O. The summed E-state index contributed by atoms with van der Waals surface area (Å²) in [6.45, 7) is 0.876. The van der Waals surface area contributed by atoms with Crippen molar-refractivity contribution in [3.8, 4) is 11.8 Å². The number of rotatable bonds is 5. The van der Waals surface area contributed by atoms with Gasteiger partial charge in [0.15, 0.2) is 11.4 Å². The van der Waals surface area contributed by atoms with E-state index < -0.39 is 0 Å². The van der Waals surface area contributed by atoms with Gasteiger partial charge in [-0.05, 0) is 18.2 Å². The van der Waals surface area contributed by atoms with Gasteiger partial charge in [0.05, 0.1) is 12.6 Å². The Balaban J connectivity index is 1.95. The molecule has 0 atom stereocenters. The highest BCUT2D eigenvalue weighted by Crippen LogP contribution is 2.34. The van der Waals surface area contributed by atoms with Gasteiger partial charge in [0.2, 0.25) is 0 Å². The molecule has 0 spiro atoms. The van der Waals surface area contributed by atoms with Crippen molar-refractivity contribution in [1.29, 1.82) is 5.26 Å². The van der Waals surface area contributed by atoms with Gasteiger partial charge in [0.25, 0.3) is 0 Å². The maximum Gasteiger partial charge on any atom is 0.164 e. The number of anilines is 1. The van der Waals surface area contributed by atoms with Gasteiger partial charge in [-0.25, -0.2) is 14.4 Å². The predicted molar refractivity (Wildman–Crippen MR) is 83.7 cm³/mol. The predicted octanol–water partition coefficient (Wildman–Crippen LogP) is 2.56. The second-order valence-corrected chi connectivity index (χ2v) is 4.80. The highest BCUT2D eigenvalue weighted by atomic mass is 19.1. The number of nitrogens with zero attached hydrogens (tertiary/aromatic N) is 4. The summed E-state index contributed by atoms with van der Waals surface area (Å²) in [5.74, 6) is 0.677. The summed E-state index contributed by atoms with van der Waals surface area (Å²) in [7, 11) is 1.48. The van der Waals surface area contributed by atoms with Crippen LogP contribution in [-0.2, 0) is 6.54 Å². The van der Waals surface area contributed by atoms with Crippen LogP contribution < -0.4 is 10.1 Å². The van der Waals surface area contributed by atoms with Gasteiger partial charge in [-0.1, -0.05) is 6.07 Å². The maximum absolute atomic E-state index is 14.2. The minimum atomic E-state index is -0.385. The number of hydrogen-bond donors (Lipinski definition) is 1. The van der Waals surface area contributed by atoms with E-state index in [-0.39, 0.29) is 5.82 Å². The average molecular weight is 311 g/mol. The van der Waals surface area contributed by atoms with Crippen molar-refractivity contribution in [2.75, 3.05) is 19.0 Å². The molecule has 23 heavy (non-hydrogen) atoms. The molecule has 6 nitrogen and oxygen atoms in total. The molecule has 1 aromatic carbocycles. The van der Waals surface area contributed by atoms with Crippen molar-refractivity contribution in [3.63, 3.8) is 0 Å². The van der Waals surface area contributed by atoms with Crippen molar-refractivity contribution < 1.29 is 9.13 Å². The average Bonchev–Trinajstić information content (AvgIpc) is 2.90. The number of benzene rings is 1. The molecule has 0 amide bonds. The third kappa shape index (κ3) is 2.66. The molecule has 0 aliphatic rings. The minimum absolute atomic E-state index is 0.303. The summed E-state index contributed by atoms with van der Waals surface area (Å²) in [5, 5.41) is 13.1. The third-order valence-electron chi connectivity index (χ3n) is 3.52. The first-order chi connectivity index (χ1) is 11.3. The van der Waals surface area contributed by atoms with E-state index in [4.69, 9.17) is 4.74 Å². The Morgan fingerprint density at radius 1 is 1.39 bits per heavy atom. The lowest BCUT2D eigenvalue weighted by Gasteiger charge is -2.09. The number of aromatic nitrogens is 3. The number of ether oxygens (including phenoxy) is 1. The number of halogens is 1. The highest BCUT2D eigenvalue weighted by molar-refractivity contribution is 5.90. The Kier molecular flexibility index (Phi) is 4.06. The zero-order valence-corrected chi connectivity index (χ0v) is 12.5. The first-order valence-electron chi connectivity index (χ1n) is 7.01. The Morgan fingerprint density at radius 3 is 2.96 bits per heavy atom. The summed E-state index contributed by atoms with van der Waals surface area (Å²) in [5.41, 5.74) is 0.669. The van der Waals surface area contributed by atoms with Crippen LogP contribution in [0.4, 0.5) is 10.2 Å². The van der Waals surface area contributed by atoms with Gasteiger partial charge in [-0.3, -0.25) is 0 Å². The first-order valence-corrected chi connectivity index (χ1v) is 7.01. The SMILES string of the molecule is COc1c(C#N)n(CCNc2ccncn2)c2c(F)cccc12. The van der Waals surface area contributed by atoms with Crippen LogP contribution in [-0.4, -0.2) is 28.2 Å². The molecule has 7 heteroatoms. The molecule has 0 radical (unpaired) electrons. The van der Waals surface area contributed by atoms with Crippen LogP contribution in [0.15, 0.2) is 36.8 Å².